The molecule has 24 heavy (non-hydrogen) atoms. The zero-order valence-electron chi connectivity index (χ0n) is 14.4. The zero-order valence-corrected chi connectivity index (χ0v) is 14.4. The summed E-state index contributed by atoms with van der Waals surface area (Å²) in [5.74, 6) is -0.0405. The molecule has 3 nitrogen and oxygen atoms in total. The molecule has 1 saturated heterocycles. The Balaban J connectivity index is 1.60. The lowest BCUT2D eigenvalue weighted by molar-refractivity contribution is 0.102. The van der Waals surface area contributed by atoms with Crippen LogP contribution in [-0.2, 0) is 6.42 Å². The summed E-state index contributed by atoms with van der Waals surface area (Å²) in [5, 5.41) is 3.02. The second-order valence-corrected chi connectivity index (χ2v) is 6.62. The maximum absolute atomic E-state index is 12.4. The molecule has 1 N–H and O–H groups in total. The molecular formula is C21H26N2O. The Morgan fingerprint density at radius 3 is 2.62 bits per heavy atom. The molecule has 0 saturated carbocycles. The largest absolute Gasteiger partial charge is 0.322 e. The molecule has 0 aromatic heterocycles. The number of nitrogens with one attached hydrogen (secondary N) is 1. The standard InChI is InChI=1S/C21H26N2O/c1-17-8-3-4-11-20(17)21(24)22-19-10-7-9-18(16-19)12-15-23-13-5-2-6-14-23/h3-4,7-11,16H,2,5-6,12-15H2,1H3,(H,22,24). The molecule has 2 aromatic carbocycles. The van der Waals surface area contributed by atoms with Crippen LogP contribution < -0.4 is 5.32 Å². The molecule has 3 rings (SSSR count). The number of amides is 1. The van der Waals surface area contributed by atoms with Crippen molar-refractivity contribution in [1.82, 2.24) is 4.90 Å². The number of anilines is 1. The van der Waals surface area contributed by atoms with E-state index in [1.54, 1.807) is 0 Å². The third kappa shape index (κ3) is 4.45. The topological polar surface area (TPSA) is 32.3 Å². The van der Waals surface area contributed by atoms with Gasteiger partial charge in [0, 0.05) is 17.8 Å². The van der Waals surface area contributed by atoms with Gasteiger partial charge in [0.15, 0.2) is 0 Å². The van der Waals surface area contributed by atoms with Crippen LogP contribution in [-0.4, -0.2) is 30.4 Å². The van der Waals surface area contributed by atoms with Gasteiger partial charge < -0.3 is 10.2 Å². The summed E-state index contributed by atoms with van der Waals surface area (Å²) >= 11 is 0. The molecule has 0 radical (unpaired) electrons. The van der Waals surface area contributed by atoms with Crippen LogP contribution >= 0.6 is 0 Å². The third-order valence-corrected chi connectivity index (χ3v) is 4.74. The molecule has 126 valence electrons. The number of rotatable bonds is 5. The smallest absolute Gasteiger partial charge is 0.255 e. The van der Waals surface area contributed by atoms with Crippen LogP contribution in [0.4, 0.5) is 5.69 Å². The highest BCUT2D eigenvalue weighted by molar-refractivity contribution is 6.05. The van der Waals surface area contributed by atoms with Crippen molar-refractivity contribution in [3.8, 4) is 0 Å². The molecular weight excluding hydrogens is 296 g/mol. The van der Waals surface area contributed by atoms with Gasteiger partial charge in [0.1, 0.15) is 0 Å². The fourth-order valence-electron chi connectivity index (χ4n) is 3.30. The van der Waals surface area contributed by atoms with Crippen LogP contribution in [0, 0.1) is 6.92 Å². The van der Waals surface area contributed by atoms with Crippen LogP contribution in [0.1, 0.15) is 40.7 Å². The Labute approximate surface area is 144 Å². The minimum Gasteiger partial charge on any atom is -0.322 e. The van der Waals surface area contributed by atoms with Crippen molar-refractivity contribution in [3.05, 3.63) is 65.2 Å². The lowest BCUT2D eigenvalue weighted by atomic mass is 10.1. The normalized spacial score (nSPS) is 15.2. The van der Waals surface area contributed by atoms with Gasteiger partial charge in [-0.05, 0) is 68.6 Å². The number of aryl methyl sites for hydroxylation is 1. The summed E-state index contributed by atoms with van der Waals surface area (Å²) in [5.41, 5.74) is 3.88. The van der Waals surface area contributed by atoms with E-state index in [1.807, 2.05) is 43.3 Å². The van der Waals surface area contributed by atoms with Crippen molar-refractivity contribution in [1.29, 1.82) is 0 Å². The van der Waals surface area contributed by atoms with E-state index in [4.69, 9.17) is 0 Å². The number of nitrogens with zero attached hydrogens (tertiary/aromatic N) is 1. The molecule has 1 fully saturated rings. The summed E-state index contributed by atoms with van der Waals surface area (Å²) in [4.78, 5) is 15.0. The van der Waals surface area contributed by atoms with Gasteiger partial charge in [-0.25, -0.2) is 0 Å². The summed E-state index contributed by atoms with van der Waals surface area (Å²) in [6.07, 6.45) is 5.06. The summed E-state index contributed by atoms with van der Waals surface area (Å²) < 4.78 is 0. The third-order valence-electron chi connectivity index (χ3n) is 4.74. The van der Waals surface area contributed by atoms with E-state index in [1.165, 1.54) is 37.9 Å². The molecule has 1 heterocycles. The quantitative estimate of drug-likeness (QED) is 0.891. The molecule has 0 unspecified atom stereocenters. The van der Waals surface area contributed by atoms with Gasteiger partial charge in [-0.3, -0.25) is 4.79 Å². The number of hydrogen-bond donors (Lipinski definition) is 1. The molecule has 0 atom stereocenters. The average Bonchev–Trinajstić information content (AvgIpc) is 2.61. The SMILES string of the molecule is Cc1ccccc1C(=O)Nc1cccc(CCN2CCCCC2)c1. The van der Waals surface area contributed by atoms with Gasteiger partial charge in [-0.1, -0.05) is 36.8 Å². The van der Waals surface area contributed by atoms with Gasteiger partial charge in [0.2, 0.25) is 0 Å². The Morgan fingerprint density at radius 1 is 1.04 bits per heavy atom. The van der Waals surface area contributed by atoms with Crippen molar-refractivity contribution < 1.29 is 4.79 Å². The van der Waals surface area contributed by atoms with E-state index < -0.39 is 0 Å². The Kier molecular flexibility index (Phi) is 5.65. The lowest BCUT2D eigenvalue weighted by Crippen LogP contribution is -2.31. The highest BCUT2D eigenvalue weighted by atomic mass is 16.1. The maximum atomic E-state index is 12.4. The van der Waals surface area contributed by atoms with E-state index in [-0.39, 0.29) is 5.91 Å². The maximum Gasteiger partial charge on any atom is 0.255 e. The number of hydrogen-bond acceptors (Lipinski definition) is 2. The first-order valence-corrected chi connectivity index (χ1v) is 8.91. The minimum atomic E-state index is -0.0405. The highest BCUT2D eigenvalue weighted by Crippen LogP contribution is 2.16. The van der Waals surface area contributed by atoms with Gasteiger partial charge in [0.25, 0.3) is 5.91 Å². The van der Waals surface area contributed by atoms with Gasteiger partial charge in [0.05, 0.1) is 0 Å². The molecule has 1 aliphatic heterocycles. The van der Waals surface area contributed by atoms with E-state index in [2.05, 4.69) is 22.3 Å². The Bertz CT molecular complexity index is 690. The average molecular weight is 322 g/mol. The van der Waals surface area contributed by atoms with Crippen LogP contribution in [0.3, 0.4) is 0 Å². The highest BCUT2D eigenvalue weighted by Gasteiger charge is 2.11. The monoisotopic (exact) mass is 322 g/mol. The number of carbonyl (C=O) groups excluding carboxylic acids is 1. The number of likely N-dealkylation sites (tertiary alicyclic amines) is 1. The molecule has 0 spiro atoms. The van der Waals surface area contributed by atoms with Gasteiger partial charge in [-0.2, -0.15) is 0 Å². The van der Waals surface area contributed by atoms with E-state index in [0.717, 1.165) is 29.8 Å². The predicted molar refractivity (Wildman–Crippen MR) is 99.6 cm³/mol. The summed E-state index contributed by atoms with van der Waals surface area (Å²) in [6, 6.07) is 15.9. The van der Waals surface area contributed by atoms with Crippen molar-refractivity contribution in [3.63, 3.8) is 0 Å². The summed E-state index contributed by atoms with van der Waals surface area (Å²) in [6.45, 7) is 5.52. The molecule has 3 heteroatoms. The number of piperidine rings is 1. The fourth-order valence-corrected chi connectivity index (χ4v) is 3.30. The fraction of sp³-hybridized carbons (Fsp3) is 0.381. The van der Waals surface area contributed by atoms with Gasteiger partial charge >= 0.3 is 0 Å². The van der Waals surface area contributed by atoms with E-state index in [9.17, 15) is 4.79 Å². The molecule has 0 aliphatic carbocycles. The van der Waals surface area contributed by atoms with E-state index in [0.29, 0.717) is 0 Å². The number of benzene rings is 2. The second-order valence-electron chi connectivity index (χ2n) is 6.62. The molecule has 2 aromatic rings. The molecule has 0 bridgehead atoms. The van der Waals surface area contributed by atoms with Crippen LogP contribution in [0.5, 0.6) is 0 Å². The van der Waals surface area contributed by atoms with Gasteiger partial charge in [-0.15, -0.1) is 0 Å². The van der Waals surface area contributed by atoms with Crippen molar-refractivity contribution in [2.45, 2.75) is 32.6 Å². The van der Waals surface area contributed by atoms with Crippen molar-refractivity contribution in [2.24, 2.45) is 0 Å². The first-order valence-electron chi connectivity index (χ1n) is 8.91. The Hall–Kier alpha value is -2.13. The van der Waals surface area contributed by atoms with Crippen LogP contribution in [0.2, 0.25) is 0 Å². The molecule has 1 aliphatic rings. The minimum absolute atomic E-state index is 0.0405. The van der Waals surface area contributed by atoms with Crippen LogP contribution in [0.15, 0.2) is 48.5 Å². The Morgan fingerprint density at radius 2 is 1.83 bits per heavy atom. The first kappa shape index (κ1) is 16.7. The van der Waals surface area contributed by atoms with Crippen molar-refractivity contribution >= 4 is 11.6 Å². The molecule has 1 amide bonds. The predicted octanol–water partition coefficient (Wildman–Crippen LogP) is 4.28. The van der Waals surface area contributed by atoms with Crippen LogP contribution in [0.25, 0.3) is 0 Å². The number of carbonyl (C=O) groups is 1. The zero-order chi connectivity index (χ0) is 16.8. The second kappa shape index (κ2) is 8.11. The first-order chi connectivity index (χ1) is 11.7. The van der Waals surface area contributed by atoms with Crippen molar-refractivity contribution in [2.75, 3.05) is 25.0 Å². The lowest BCUT2D eigenvalue weighted by Gasteiger charge is -2.26. The van der Waals surface area contributed by atoms with E-state index >= 15 is 0 Å². The summed E-state index contributed by atoms with van der Waals surface area (Å²) in [7, 11) is 0.